The summed E-state index contributed by atoms with van der Waals surface area (Å²) < 4.78 is 0. The molecule has 0 spiro atoms. The number of nitrogens with two attached hydrogens (primary N) is 1. The second-order valence-electron chi connectivity index (χ2n) is 3.49. The highest BCUT2D eigenvalue weighted by Gasteiger charge is 2.20. The number of aliphatic carboxylic acids is 1. The Morgan fingerprint density at radius 3 is 2.47 bits per heavy atom. The third kappa shape index (κ3) is 7.29. The first-order valence-electron chi connectivity index (χ1n) is 5.50. The quantitative estimate of drug-likeness (QED) is 0.429. The van der Waals surface area contributed by atoms with Crippen LogP contribution in [0.2, 0.25) is 0 Å². The number of rotatable bonds is 8. The largest absolute Gasteiger partial charge is 0.481 e. The van der Waals surface area contributed by atoms with Crippen molar-refractivity contribution in [3.63, 3.8) is 0 Å². The molecule has 17 heavy (non-hydrogen) atoms. The molecule has 5 N–H and O–H groups in total. The third-order valence-corrected chi connectivity index (χ3v) is 2.06. The van der Waals surface area contributed by atoms with E-state index in [1.54, 1.807) is 6.92 Å². The van der Waals surface area contributed by atoms with Gasteiger partial charge in [0, 0.05) is 25.9 Å². The van der Waals surface area contributed by atoms with Crippen LogP contribution in [-0.4, -0.2) is 42.0 Å². The van der Waals surface area contributed by atoms with Gasteiger partial charge in [-0.3, -0.25) is 14.4 Å². The van der Waals surface area contributed by atoms with Crippen LogP contribution in [0, 0.1) is 0 Å². The zero-order valence-electron chi connectivity index (χ0n) is 9.86. The van der Waals surface area contributed by atoms with Gasteiger partial charge < -0.3 is 21.5 Å². The summed E-state index contributed by atoms with van der Waals surface area (Å²) in [6, 6.07) is -0.815. The number of carboxylic acids is 1. The predicted octanol–water partition coefficient (Wildman–Crippen LogP) is -1.18. The monoisotopic (exact) mass is 245 g/mol. The van der Waals surface area contributed by atoms with Crippen LogP contribution in [0.15, 0.2) is 0 Å². The molecule has 0 rings (SSSR count). The maximum atomic E-state index is 11.6. The average Bonchev–Trinajstić information content (AvgIpc) is 2.30. The van der Waals surface area contributed by atoms with Gasteiger partial charge in [-0.05, 0) is 6.42 Å². The van der Waals surface area contributed by atoms with Gasteiger partial charge >= 0.3 is 5.97 Å². The topological polar surface area (TPSA) is 122 Å². The zero-order valence-corrected chi connectivity index (χ0v) is 9.86. The number of hydrogen-bond acceptors (Lipinski definition) is 4. The van der Waals surface area contributed by atoms with Gasteiger partial charge in [0.05, 0.1) is 0 Å². The first-order chi connectivity index (χ1) is 8.01. The molecule has 0 saturated carbocycles. The number of carbonyl (C=O) groups excluding carboxylic acids is 2. The predicted molar refractivity (Wildman–Crippen MR) is 61.2 cm³/mol. The lowest BCUT2D eigenvalue weighted by Gasteiger charge is -2.17. The van der Waals surface area contributed by atoms with Crippen LogP contribution in [0.4, 0.5) is 0 Å². The van der Waals surface area contributed by atoms with Gasteiger partial charge in [-0.2, -0.15) is 0 Å². The van der Waals surface area contributed by atoms with E-state index in [9.17, 15) is 14.4 Å². The van der Waals surface area contributed by atoms with Gasteiger partial charge in [0.1, 0.15) is 6.04 Å². The van der Waals surface area contributed by atoms with Crippen molar-refractivity contribution in [3.05, 3.63) is 0 Å². The van der Waals surface area contributed by atoms with Crippen molar-refractivity contribution >= 4 is 17.8 Å². The van der Waals surface area contributed by atoms with Crippen molar-refractivity contribution in [1.82, 2.24) is 10.6 Å². The van der Waals surface area contributed by atoms with Crippen LogP contribution < -0.4 is 16.4 Å². The first-order valence-corrected chi connectivity index (χ1v) is 5.50. The number of carbonyl (C=O) groups is 3. The second-order valence-corrected chi connectivity index (χ2v) is 3.49. The molecule has 7 nitrogen and oxygen atoms in total. The molecule has 0 aromatic rings. The van der Waals surface area contributed by atoms with Crippen LogP contribution >= 0.6 is 0 Å². The molecule has 0 aromatic carbocycles. The number of hydrogen-bond donors (Lipinski definition) is 4. The summed E-state index contributed by atoms with van der Waals surface area (Å²) in [5, 5.41) is 13.5. The van der Waals surface area contributed by atoms with E-state index in [4.69, 9.17) is 10.8 Å². The molecule has 0 radical (unpaired) electrons. The molecule has 0 heterocycles. The van der Waals surface area contributed by atoms with Crippen molar-refractivity contribution < 1.29 is 19.5 Å². The molecule has 0 fully saturated rings. The summed E-state index contributed by atoms with van der Waals surface area (Å²) >= 11 is 0. The van der Waals surface area contributed by atoms with Crippen molar-refractivity contribution in [1.29, 1.82) is 0 Å². The summed E-state index contributed by atoms with van der Waals surface area (Å²) in [6.07, 6.45) is 0.135. The highest BCUT2D eigenvalue weighted by atomic mass is 16.4. The van der Waals surface area contributed by atoms with E-state index in [1.807, 2.05) is 0 Å². The second kappa shape index (κ2) is 8.51. The smallest absolute Gasteiger partial charge is 0.303 e. The van der Waals surface area contributed by atoms with E-state index < -0.39 is 17.9 Å². The lowest BCUT2D eigenvalue weighted by atomic mass is 10.1. The highest BCUT2D eigenvalue weighted by molar-refractivity contribution is 5.87. The molecule has 0 aliphatic carbocycles. The molecule has 7 heteroatoms. The van der Waals surface area contributed by atoms with Crippen LogP contribution in [0.5, 0.6) is 0 Å². The molecule has 98 valence electrons. The Morgan fingerprint density at radius 1 is 1.35 bits per heavy atom. The summed E-state index contributed by atoms with van der Waals surface area (Å²) in [6.45, 7) is 2.24. The van der Waals surface area contributed by atoms with Crippen molar-refractivity contribution in [2.45, 2.75) is 32.2 Å². The number of carboxylic acid groups (broad SMARTS) is 1. The maximum absolute atomic E-state index is 11.6. The Balaban J connectivity index is 4.32. The van der Waals surface area contributed by atoms with Crippen molar-refractivity contribution in [3.8, 4) is 0 Å². The Morgan fingerprint density at radius 2 is 2.00 bits per heavy atom. The standard InChI is InChI=1S/C10H19N3O4/c1-2-8(14)13-7(3-4-9(15)16)10(17)12-6-5-11/h7H,2-6,11H2,1H3,(H,12,17)(H,13,14)(H,15,16)/t7-/m1/s1. The number of amides is 2. The minimum atomic E-state index is -1.01. The molecule has 0 bridgehead atoms. The Bertz CT molecular complexity index is 281. The fraction of sp³-hybridized carbons (Fsp3) is 0.700. The summed E-state index contributed by atoms with van der Waals surface area (Å²) in [5.74, 6) is -1.70. The Hall–Kier alpha value is -1.63. The Labute approximate surface area is 99.7 Å². The van der Waals surface area contributed by atoms with Gasteiger partial charge in [0.2, 0.25) is 11.8 Å². The number of nitrogens with one attached hydrogen (secondary N) is 2. The lowest BCUT2D eigenvalue weighted by Crippen LogP contribution is -2.47. The molecular formula is C10H19N3O4. The SMILES string of the molecule is CCC(=O)N[C@H](CCC(=O)O)C(=O)NCCN. The molecule has 2 amide bonds. The molecule has 0 saturated heterocycles. The summed E-state index contributed by atoms with van der Waals surface area (Å²) in [4.78, 5) is 33.2. The van der Waals surface area contributed by atoms with Crippen LogP contribution in [0.25, 0.3) is 0 Å². The lowest BCUT2D eigenvalue weighted by molar-refractivity contribution is -0.138. The van der Waals surface area contributed by atoms with Gasteiger partial charge in [-0.15, -0.1) is 0 Å². The molecular weight excluding hydrogens is 226 g/mol. The van der Waals surface area contributed by atoms with E-state index >= 15 is 0 Å². The van der Waals surface area contributed by atoms with Crippen molar-refractivity contribution in [2.75, 3.05) is 13.1 Å². The van der Waals surface area contributed by atoms with E-state index in [0.29, 0.717) is 13.1 Å². The molecule has 1 atom stereocenters. The van der Waals surface area contributed by atoms with Crippen LogP contribution in [0.3, 0.4) is 0 Å². The van der Waals surface area contributed by atoms with Crippen molar-refractivity contribution in [2.24, 2.45) is 5.73 Å². The normalized spacial score (nSPS) is 11.6. The summed E-state index contributed by atoms with van der Waals surface area (Å²) in [5.41, 5.74) is 5.23. The fourth-order valence-electron chi connectivity index (χ4n) is 1.15. The van der Waals surface area contributed by atoms with E-state index in [1.165, 1.54) is 0 Å². The molecule has 0 aromatic heterocycles. The average molecular weight is 245 g/mol. The van der Waals surface area contributed by atoms with E-state index in [2.05, 4.69) is 10.6 Å². The minimum Gasteiger partial charge on any atom is -0.481 e. The molecule has 0 aliphatic heterocycles. The maximum Gasteiger partial charge on any atom is 0.303 e. The van der Waals surface area contributed by atoms with E-state index in [0.717, 1.165) is 0 Å². The molecule has 0 aliphatic rings. The third-order valence-electron chi connectivity index (χ3n) is 2.06. The Kier molecular flexibility index (Phi) is 7.70. The van der Waals surface area contributed by atoms with E-state index in [-0.39, 0.29) is 25.2 Å². The minimum absolute atomic E-state index is 0.0669. The first kappa shape index (κ1) is 15.4. The van der Waals surface area contributed by atoms with Gasteiger partial charge in [0.15, 0.2) is 0 Å². The van der Waals surface area contributed by atoms with Gasteiger partial charge in [-0.25, -0.2) is 0 Å². The summed E-state index contributed by atoms with van der Waals surface area (Å²) in [7, 11) is 0. The fourth-order valence-corrected chi connectivity index (χ4v) is 1.15. The van der Waals surface area contributed by atoms with Gasteiger partial charge in [0.25, 0.3) is 0 Å². The molecule has 0 unspecified atom stereocenters. The van der Waals surface area contributed by atoms with Crippen LogP contribution in [-0.2, 0) is 14.4 Å². The van der Waals surface area contributed by atoms with Gasteiger partial charge in [-0.1, -0.05) is 6.92 Å². The zero-order chi connectivity index (χ0) is 13.3. The highest BCUT2D eigenvalue weighted by Crippen LogP contribution is 1.98. The van der Waals surface area contributed by atoms with Crippen LogP contribution in [0.1, 0.15) is 26.2 Å².